The molecule has 1 N–H and O–H groups in total. The standard InChI is InChI=1S/C22H19ClN4O2/c1-3-29-20-10-14(6-7-24-20)22(28)26-16-4-5-18(23)17(11-16)19-9-15-8-13(2)12-25-21(15)27-19/h4-8,10-12H,3,9H2,1-2H3,(H,26,28). The third-order valence-corrected chi connectivity index (χ3v) is 4.83. The Hall–Kier alpha value is -3.25. The number of rotatable bonds is 5. The molecule has 2 aromatic heterocycles. The van der Waals surface area contributed by atoms with E-state index in [1.165, 1.54) is 0 Å². The molecule has 29 heavy (non-hydrogen) atoms. The molecule has 0 saturated heterocycles. The van der Waals surface area contributed by atoms with Crippen LogP contribution < -0.4 is 10.1 Å². The van der Waals surface area contributed by atoms with Crippen LogP contribution >= 0.6 is 11.6 Å². The fourth-order valence-electron chi connectivity index (χ4n) is 3.16. The van der Waals surface area contributed by atoms with Crippen molar-refractivity contribution in [1.29, 1.82) is 0 Å². The molecule has 3 heterocycles. The van der Waals surface area contributed by atoms with Gasteiger partial charge in [0, 0.05) is 52.3 Å². The van der Waals surface area contributed by atoms with Gasteiger partial charge in [0.2, 0.25) is 5.88 Å². The van der Waals surface area contributed by atoms with Gasteiger partial charge in [0.25, 0.3) is 5.91 Å². The van der Waals surface area contributed by atoms with Crippen molar-refractivity contribution in [1.82, 2.24) is 9.97 Å². The second kappa shape index (κ2) is 8.01. The van der Waals surface area contributed by atoms with E-state index in [0.717, 1.165) is 28.2 Å². The van der Waals surface area contributed by atoms with Crippen molar-refractivity contribution in [3.05, 3.63) is 76.1 Å². The average Bonchev–Trinajstić information content (AvgIpc) is 3.13. The van der Waals surface area contributed by atoms with E-state index in [2.05, 4.69) is 26.3 Å². The molecule has 0 atom stereocenters. The Morgan fingerprint density at radius 2 is 2.07 bits per heavy atom. The Balaban J connectivity index is 1.56. The Labute approximate surface area is 173 Å². The number of hydrogen-bond donors (Lipinski definition) is 1. The maximum Gasteiger partial charge on any atom is 0.255 e. The van der Waals surface area contributed by atoms with E-state index in [1.54, 1.807) is 36.7 Å². The summed E-state index contributed by atoms with van der Waals surface area (Å²) in [6.07, 6.45) is 4.00. The predicted molar refractivity (Wildman–Crippen MR) is 114 cm³/mol. The van der Waals surface area contributed by atoms with Gasteiger partial charge in [0.1, 0.15) is 0 Å². The molecule has 4 rings (SSSR count). The van der Waals surface area contributed by atoms with Gasteiger partial charge in [0.05, 0.1) is 12.3 Å². The molecule has 0 radical (unpaired) electrons. The molecule has 0 bridgehead atoms. The van der Waals surface area contributed by atoms with E-state index in [-0.39, 0.29) is 5.91 Å². The van der Waals surface area contributed by atoms with Crippen molar-refractivity contribution in [2.75, 3.05) is 11.9 Å². The van der Waals surface area contributed by atoms with Gasteiger partial charge in [0.15, 0.2) is 5.82 Å². The third kappa shape index (κ3) is 4.12. The van der Waals surface area contributed by atoms with Crippen LogP contribution in [0.3, 0.4) is 0 Å². The molecule has 3 aromatic rings. The van der Waals surface area contributed by atoms with Gasteiger partial charge in [-0.3, -0.25) is 4.79 Å². The lowest BCUT2D eigenvalue weighted by atomic mass is 10.0. The van der Waals surface area contributed by atoms with Gasteiger partial charge >= 0.3 is 0 Å². The highest BCUT2D eigenvalue weighted by molar-refractivity contribution is 6.34. The first-order valence-corrected chi connectivity index (χ1v) is 9.64. The van der Waals surface area contributed by atoms with Gasteiger partial charge in [-0.2, -0.15) is 0 Å². The second-order valence-corrected chi connectivity index (χ2v) is 7.10. The molecular weight excluding hydrogens is 388 g/mol. The molecule has 0 aliphatic carbocycles. The Bertz CT molecular complexity index is 1130. The highest BCUT2D eigenvalue weighted by atomic mass is 35.5. The number of benzene rings is 1. The van der Waals surface area contributed by atoms with Crippen LogP contribution in [0.15, 0.2) is 53.8 Å². The van der Waals surface area contributed by atoms with Crippen molar-refractivity contribution in [2.24, 2.45) is 4.99 Å². The van der Waals surface area contributed by atoms with Crippen LogP contribution in [0.25, 0.3) is 0 Å². The highest BCUT2D eigenvalue weighted by Gasteiger charge is 2.20. The lowest BCUT2D eigenvalue weighted by Crippen LogP contribution is -2.13. The summed E-state index contributed by atoms with van der Waals surface area (Å²) in [5, 5.41) is 3.47. The summed E-state index contributed by atoms with van der Waals surface area (Å²) in [6.45, 7) is 4.35. The number of nitrogens with zero attached hydrogens (tertiary/aromatic N) is 3. The molecule has 1 amide bonds. The molecule has 0 unspecified atom stereocenters. The van der Waals surface area contributed by atoms with E-state index in [4.69, 9.17) is 16.3 Å². The van der Waals surface area contributed by atoms with Gasteiger partial charge in [-0.15, -0.1) is 0 Å². The summed E-state index contributed by atoms with van der Waals surface area (Å²) < 4.78 is 5.36. The molecule has 0 spiro atoms. The molecular formula is C22H19ClN4O2. The Morgan fingerprint density at radius 3 is 2.90 bits per heavy atom. The smallest absolute Gasteiger partial charge is 0.255 e. The first kappa shape index (κ1) is 19.1. The number of aromatic nitrogens is 2. The number of aryl methyl sites for hydroxylation is 1. The van der Waals surface area contributed by atoms with E-state index in [0.29, 0.717) is 35.2 Å². The Kier molecular flexibility index (Phi) is 5.27. The first-order chi connectivity index (χ1) is 14.0. The van der Waals surface area contributed by atoms with Gasteiger partial charge in [-0.05, 0) is 43.7 Å². The minimum atomic E-state index is -0.254. The van der Waals surface area contributed by atoms with Crippen molar-refractivity contribution >= 4 is 34.7 Å². The third-order valence-electron chi connectivity index (χ3n) is 4.50. The number of hydrogen-bond acceptors (Lipinski definition) is 5. The highest BCUT2D eigenvalue weighted by Crippen LogP contribution is 2.31. The summed E-state index contributed by atoms with van der Waals surface area (Å²) in [7, 11) is 0. The molecule has 6 nitrogen and oxygen atoms in total. The van der Waals surface area contributed by atoms with Crippen LogP contribution in [0.2, 0.25) is 5.02 Å². The minimum absolute atomic E-state index is 0.254. The van der Waals surface area contributed by atoms with Gasteiger partial charge in [-0.25, -0.2) is 15.0 Å². The zero-order chi connectivity index (χ0) is 20.4. The van der Waals surface area contributed by atoms with Crippen molar-refractivity contribution < 1.29 is 9.53 Å². The van der Waals surface area contributed by atoms with Crippen molar-refractivity contribution in [3.8, 4) is 5.88 Å². The fraction of sp³-hybridized carbons (Fsp3) is 0.182. The zero-order valence-corrected chi connectivity index (χ0v) is 16.8. The molecule has 1 aliphatic heterocycles. The summed E-state index contributed by atoms with van der Waals surface area (Å²) >= 11 is 6.42. The largest absolute Gasteiger partial charge is 0.478 e. The lowest BCUT2D eigenvalue weighted by molar-refractivity contribution is 0.102. The molecule has 0 fully saturated rings. The number of aliphatic imine (C=N–C) groups is 1. The summed E-state index contributed by atoms with van der Waals surface area (Å²) in [6, 6.07) is 10.7. The van der Waals surface area contributed by atoms with Crippen LogP contribution in [-0.4, -0.2) is 28.2 Å². The van der Waals surface area contributed by atoms with E-state index in [9.17, 15) is 4.79 Å². The molecule has 146 valence electrons. The lowest BCUT2D eigenvalue weighted by Gasteiger charge is -2.10. The quantitative estimate of drug-likeness (QED) is 0.662. The number of amides is 1. The second-order valence-electron chi connectivity index (χ2n) is 6.70. The predicted octanol–water partition coefficient (Wildman–Crippen LogP) is 4.77. The topological polar surface area (TPSA) is 76.5 Å². The monoisotopic (exact) mass is 406 g/mol. The number of ether oxygens (including phenoxy) is 1. The summed E-state index contributed by atoms with van der Waals surface area (Å²) in [5.41, 5.74) is 4.88. The first-order valence-electron chi connectivity index (χ1n) is 9.26. The summed E-state index contributed by atoms with van der Waals surface area (Å²) in [5.74, 6) is 0.879. The molecule has 0 saturated carbocycles. The maximum atomic E-state index is 12.6. The molecule has 7 heteroatoms. The minimum Gasteiger partial charge on any atom is -0.478 e. The van der Waals surface area contributed by atoms with Crippen LogP contribution in [0.5, 0.6) is 5.88 Å². The van der Waals surface area contributed by atoms with Crippen LogP contribution in [0.4, 0.5) is 11.5 Å². The van der Waals surface area contributed by atoms with E-state index < -0.39 is 0 Å². The maximum absolute atomic E-state index is 12.6. The van der Waals surface area contributed by atoms with Crippen molar-refractivity contribution in [3.63, 3.8) is 0 Å². The van der Waals surface area contributed by atoms with Gasteiger partial charge < -0.3 is 10.1 Å². The number of fused-ring (bicyclic) bond motifs is 1. The number of anilines is 1. The van der Waals surface area contributed by atoms with Crippen LogP contribution in [-0.2, 0) is 6.42 Å². The van der Waals surface area contributed by atoms with Crippen LogP contribution in [0.1, 0.15) is 34.0 Å². The molecule has 1 aliphatic rings. The normalized spacial score (nSPS) is 12.3. The van der Waals surface area contributed by atoms with Crippen molar-refractivity contribution in [2.45, 2.75) is 20.3 Å². The summed E-state index contributed by atoms with van der Waals surface area (Å²) in [4.78, 5) is 25.7. The molecule has 1 aromatic carbocycles. The average molecular weight is 407 g/mol. The fourth-order valence-corrected chi connectivity index (χ4v) is 3.39. The van der Waals surface area contributed by atoms with E-state index >= 15 is 0 Å². The number of carbonyl (C=O) groups is 1. The number of carbonyl (C=O) groups excluding carboxylic acids is 1. The van der Waals surface area contributed by atoms with Gasteiger partial charge in [-0.1, -0.05) is 17.7 Å². The number of pyridine rings is 2. The van der Waals surface area contributed by atoms with Crippen LogP contribution in [0, 0.1) is 6.92 Å². The zero-order valence-electron chi connectivity index (χ0n) is 16.1. The Morgan fingerprint density at radius 1 is 1.21 bits per heavy atom. The number of halogens is 1. The SMILES string of the molecule is CCOc1cc(C(=O)Nc2ccc(Cl)c(C3=Nc4ncc(C)cc4C3)c2)ccn1. The number of nitrogens with one attached hydrogen (secondary N) is 1. The van der Waals surface area contributed by atoms with E-state index in [1.807, 2.05) is 19.9 Å².